The summed E-state index contributed by atoms with van der Waals surface area (Å²) < 4.78 is 5.27. The topological polar surface area (TPSA) is 55.4 Å². The van der Waals surface area contributed by atoms with Crippen LogP contribution in [0.25, 0.3) is 0 Å². The Hall–Kier alpha value is -1.84. The van der Waals surface area contributed by atoms with Crippen LogP contribution in [0, 0.1) is 0 Å². The van der Waals surface area contributed by atoms with Crippen LogP contribution in [0.4, 0.5) is 0 Å². The molecule has 0 fully saturated rings. The van der Waals surface area contributed by atoms with Gasteiger partial charge >= 0.3 is 0 Å². The smallest absolute Gasteiger partial charge is 0.287 e. The molecule has 1 aromatic carbocycles. The van der Waals surface area contributed by atoms with E-state index in [0.717, 1.165) is 11.1 Å². The predicted molar refractivity (Wildman–Crippen MR) is 74.2 cm³/mol. The van der Waals surface area contributed by atoms with Crippen molar-refractivity contribution < 1.29 is 14.3 Å². The minimum absolute atomic E-state index is 0.0195. The number of ketones is 1. The molecule has 0 aliphatic rings. The lowest BCUT2D eigenvalue weighted by Crippen LogP contribution is -2.28. The van der Waals surface area contributed by atoms with Gasteiger partial charge in [-0.15, -0.1) is 0 Å². The fourth-order valence-corrected chi connectivity index (χ4v) is 1.68. The van der Waals surface area contributed by atoms with Crippen LogP contribution in [0.1, 0.15) is 38.8 Å². The summed E-state index contributed by atoms with van der Waals surface area (Å²) in [6, 6.07) is 5.89. The van der Waals surface area contributed by atoms with Crippen molar-refractivity contribution in [2.45, 2.75) is 39.7 Å². The molecule has 0 radical (unpaired) electrons. The lowest BCUT2D eigenvalue weighted by molar-refractivity contribution is -0.136. The molecule has 104 valence electrons. The summed E-state index contributed by atoms with van der Waals surface area (Å²) in [4.78, 5) is 22.2. The minimum atomic E-state index is -0.580. The Kier molecular flexibility index (Phi) is 4.70. The first-order chi connectivity index (χ1) is 8.75. The fraction of sp³-hybridized carbons (Fsp3) is 0.467. The molecule has 0 spiro atoms. The van der Waals surface area contributed by atoms with Gasteiger partial charge in [0.05, 0.1) is 7.11 Å². The van der Waals surface area contributed by atoms with Gasteiger partial charge in [-0.25, -0.2) is 0 Å². The van der Waals surface area contributed by atoms with Crippen molar-refractivity contribution in [1.29, 1.82) is 0 Å². The standard InChI is InChI=1S/C15H21NO3/c1-10(17)14(18)16-9-11-8-12(15(2,3)4)6-7-13(11)19-5/h6-8H,9H2,1-5H3,(H,16,18). The van der Waals surface area contributed by atoms with E-state index < -0.39 is 11.7 Å². The largest absolute Gasteiger partial charge is 0.496 e. The van der Waals surface area contributed by atoms with E-state index >= 15 is 0 Å². The maximum absolute atomic E-state index is 11.3. The Morgan fingerprint density at radius 3 is 2.37 bits per heavy atom. The van der Waals surface area contributed by atoms with E-state index in [2.05, 4.69) is 26.1 Å². The highest BCUT2D eigenvalue weighted by Gasteiger charge is 2.16. The number of ether oxygens (including phenoxy) is 1. The van der Waals surface area contributed by atoms with Gasteiger partial charge in [-0.05, 0) is 23.1 Å². The number of hydrogen-bond donors (Lipinski definition) is 1. The molecule has 0 atom stereocenters. The van der Waals surface area contributed by atoms with Crippen LogP contribution in [0.5, 0.6) is 5.75 Å². The lowest BCUT2D eigenvalue weighted by Gasteiger charge is -2.21. The van der Waals surface area contributed by atoms with Gasteiger partial charge in [0.1, 0.15) is 5.75 Å². The third-order valence-corrected chi connectivity index (χ3v) is 2.91. The van der Waals surface area contributed by atoms with Crippen molar-refractivity contribution in [3.05, 3.63) is 29.3 Å². The van der Waals surface area contributed by atoms with E-state index in [9.17, 15) is 9.59 Å². The Morgan fingerprint density at radius 1 is 1.26 bits per heavy atom. The molecule has 0 aliphatic carbocycles. The number of hydrogen-bond acceptors (Lipinski definition) is 3. The second-order valence-electron chi connectivity index (χ2n) is 5.52. The molecular formula is C15H21NO3. The zero-order valence-corrected chi connectivity index (χ0v) is 12.2. The van der Waals surface area contributed by atoms with Crippen LogP contribution >= 0.6 is 0 Å². The van der Waals surface area contributed by atoms with Crippen LogP contribution < -0.4 is 10.1 Å². The normalized spacial score (nSPS) is 11.0. The summed E-state index contributed by atoms with van der Waals surface area (Å²) in [6.45, 7) is 7.88. The molecule has 0 bridgehead atoms. The van der Waals surface area contributed by atoms with Gasteiger partial charge in [0.2, 0.25) is 5.78 Å². The van der Waals surface area contributed by atoms with Crippen molar-refractivity contribution in [2.24, 2.45) is 0 Å². The number of carbonyl (C=O) groups is 2. The SMILES string of the molecule is COc1ccc(C(C)(C)C)cc1CNC(=O)C(C)=O. The molecule has 1 N–H and O–H groups in total. The number of amides is 1. The van der Waals surface area contributed by atoms with Crippen molar-refractivity contribution in [3.63, 3.8) is 0 Å². The third kappa shape index (κ3) is 4.09. The Balaban J connectivity index is 2.97. The molecule has 4 nitrogen and oxygen atoms in total. The van der Waals surface area contributed by atoms with Gasteiger partial charge in [0.15, 0.2) is 0 Å². The monoisotopic (exact) mass is 263 g/mol. The average Bonchev–Trinajstić information content (AvgIpc) is 2.34. The molecule has 19 heavy (non-hydrogen) atoms. The third-order valence-electron chi connectivity index (χ3n) is 2.91. The lowest BCUT2D eigenvalue weighted by atomic mass is 9.86. The van der Waals surface area contributed by atoms with E-state index in [-0.39, 0.29) is 12.0 Å². The predicted octanol–water partition coefficient (Wildman–Crippen LogP) is 2.20. The molecule has 0 aromatic heterocycles. The average molecular weight is 263 g/mol. The van der Waals surface area contributed by atoms with E-state index in [0.29, 0.717) is 5.75 Å². The highest BCUT2D eigenvalue weighted by molar-refractivity contribution is 6.35. The van der Waals surface area contributed by atoms with E-state index in [1.807, 2.05) is 18.2 Å². The zero-order valence-electron chi connectivity index (χ0n) is 12.2. The number of rotatable bonds is 4. The first-order valence-electron chi connectivity index (χ1n) is 6.22. The summed E-state index contributed by atoms with van der Waals surface area (Å²) >= 11 is 0. The van der Waals surface area contributed by atoms with Gasteiger partial charge in [-0.1, -0.05) is 26.8 Å². The number of carbonyl (C=O) groups excluding carboxylic acids is 2. The fourth-order valence-electron chi connectivity index (χ4n) is 1.68. The van der Waals surface area contributed by atoms with E-state index in [1.165, 1.54) is 6.92 Å². The molecule has 0 saturated heterocycles. The molecule has 4 heteroatoms. The molecule has 1 aromatic rings. The summed E-state index contributed by atoms with van der Waals surface area (Å²) in [5.41, 5.74) is 2.04. The Bertz CT molecular complexity index is 487. The number of benzene rings is 1. The maximum Gasteiger partial charge on any atom is 0.287 e. The van der Waals surface area contributed by atoms with Crippen molar-refractivity contribution in [2.75, 3.05) is 7.11 Å². The van der Waals surface area contributed by atoms with Crippen molar-refractivity contribution in [3.8, 4) is 5.75 Å². The highest BCUT2D eigenvalue weighted by atomic mass is 16.5. The Labute approximate surface area is 114 Å². The molecule has 1 amide bonds. The summed E-state index contributed by atoms with van der Waals surface area (Å²) in [6.07, 6.45) is 0. The second-order valence-corrected chi connectivity index (χ2v) is 5.52. The van der Waals surface area contributed by atoms with Crippen molar-refractivity contribution >= 4 is 11.7 Å². The van der Waals surface area contributed by atoms with Gasteiger partial charge < -0.3 is 10.1 Å². The molecular weight excluding hydrogens is 242 g/mol. The molecule has 0 unspecified atom stereocenters. The molecule has 0 saturated carbocycles. The van der Waals surface area contributed by atoms with Crippen LogP contribution in [-0.4, -0.2) is 18.8 Å². The number of Topliss-reactive ketones (excluding diaryl/α,β-unsaturated/α-hetero) is 1. The Morgan fingerprint density at radius 2 is 1.89 bits per heavy atom. The van der Waals surface area contributed by atoms with Gasteiger partial charge in [-0.2, -0.15) is 0 Å². The van der Waals surface area contributed by atoms with Gasteiger partial charge in [0.25, 0.3) is 5.91 Å². The molecule has 1 rings (SSSR count). The highest BCUT2D eigenvalue weighted by Crippen LogP contribution is 2.27. The number of methoxy groups -OCH3 is 1. The van der Waals surface area contributed by atoms with Crippen LogP contribution in [-0.2, 0) is 21.5 Å². The first kappa shape index (κ1) is 15.2. The van der Waals surface area contributed by atoms with Crippen LogP contribution in [0.2, 0.25) is 0 Å². The summed E-state index contributed by atoms with van der Waals surface area (Å²) in [5, 5.41) is 2.58. The van der Waals surface area contributed by atoms with E-state index in [1.54, 1.807) is 7.11 Å². The minimum Gasteiger partial charge on any atom is -0.496 e. The van der Waals surface area contributed by atoms with Gasteiger partial charge in [0, 0.05) is 19.0 Å². The second kappa shape index (κ2) is 5.87. The van der Waals surface area contributed by atoms with Crippen molar-refractivity contribution in [1.82, 2.24) is 5.32 Å². The maximum atomic E-state index is 11.3. The van der Waals surface area contributed by atoms with Crippen LogP contribution in [0.15, 0.2) is 18.2 Å². The molecule has 0 aliphatic heterocycles. The number of nitrogens with one attached hydrogen (secondary N) is 1. The van der Waals surface area contributed by atoms with Gasteiger partial charge in [-0.3, -0.25) is 9.59 Å². The first-order valence-corrected chi connectivity index (χ1v) is 6.22. The quantitative estimate of drug-likeness (QED) is 0.847. The van der Waals surface area contributed by atoms with Crippen LogP contribution in [0.3, 0.4) is 0 Å². The summed E-state index contributed by atoms with van der Waals surface area (Å²) in [7, 11) is 1.59. The van der Waals surface area contributed by atoms with E-state index in [4.69, 9.17) is 4.74 Å². The molecule has 0 heterocycles. The summed E-state index contributed by atoms with van der Waals surface area (Å²) in [5.74, 6) is -0.369. The zero-order chi connectivity index (χ0) is 14.6.